The molecule has 1 rings (SSSR count). The van der Waals surface area contributed by atoms with Crippen molar-refractivity contribution in [1.29, 1.82) is 0 Å². The summed E-state index contributed by atoms with van der Waals surface area (Å²) in [6.45, 7) is 11.1. The molecule has 148 valence electrons. The van der Waals surface area contributed by atoms with Crippen LogP contribution in [0, 0.1) is 5.41 Å². The quantitative estimate of drug-likeness (QED) is 0.709. The summed E-state index contributed by atoms with van der Waals surface area (Å²) < 4.78 is 33.1. The van der Waals surface area contributed by atoms with Crippen molar-refractivity contribution in [2.24, 2.45) is 5.41 Å². The zero-order valence-electron chi connectivity index (χ0n) is 16.2. The van der Waals surface area contributed by atoms with E-state index in [9.17, 15) is 13.2 Å². The highest BCUT2D eigenvalue weighted by Crippen LogP contribution is 2.21. The van der Waals surface area contributed by atoms with E-state index in [0.717, 1.165) is 0 Å². The van der Waals surface area contributed by atoms with E-state index in [1.54, 1.807) is 39.0 Å². The summed E-state index contributed by atoms with van der Waals surface area (Å²) in [6, 6.07) is 6.09. The van der Waals surface area contributed by atoms with Crippen LogP contribution in [0.4, 0.5) is 4.79 Å². The number of nitrogens with one attached hydrogen (secondary N) is 2. The topological polar surface area (TPSA) is 84.5 Å². The molecule has 1 aromatic rings. The molecule has 6 nitrogen and oxygen atoms in total. The van der Waals surface area contributed by atoms with Gasteiger partial charge in [0.05, 0.1) is 10.9 Å². The van der Waals surface area contributed by atoms with Gasteiger partial charge in [-0.15, -0.1) is 11.6 Å². The Morgan fingerprint density at radius 1 is 1.15 bits per heavy atom. The molecule has 0 bridgehead atoms. The summed E-state index contributed by atoms with van der Waals surface area (Å²) in [5.74, 6) is 0.0932. The minimum atomic E-state index is -3.76. The number of carbonyl (C=O) groups is 1. The molecule has 0 aliphatic heterocycles. The maximum absolute atomic E-state index is 12.6. The Balaban J connectivity index is 2.91. The van der Waals surface area contributed by atoms with Crippen LogP contribution in [0.2, 0.25) is 0 Å². The fourth-order valence-electron chi connectivity index (χ4n) is 2.17. The largest absolute Gasteiger partial charge is 0.444 e. The summed E-state index contributed by atoms with van der Waals surface area (Å²) in [6.07, 6.45) is -0.585. The highest BCUT2D eigenvalue weighted by Gasteiger charge is 2.30. The van der Waals surface area contributed by atoms with Crippen molar-refractivity contribution >= 4 is 27.7 Å². The van der Waals surface area contributed by atoms with Gasteiger partial charge >= 0.3 is 6.09 Å². The van der Waals surface area contributed by atoms with Crippen molar-refractivity contribution in [1.82, 2.24) is 10.0 Å². The minimum Gasteiger partial charge on any atom is -0.444 e. The molecule has 0 aromatic heterocycles. The number of hydrogen-bond acceptors (Lipinski definition) is 4. The molecule has 0 radical (unpaired) electrons. The number of hydrogen-bond donors (Lipinski definition) is 2. The molecule has 2 N–H and O–H groups in total. The lowest BCUT2D eigenvalue weighted by atomic mass is 9.87. The standard InChI is InChI=1S/C18H29ClN2O4S/c1-17(2,3)15(21-16(22)25-18(4,5)6)12-20-26(23,24)14-10-8-7-9-13(14)11-19/h7-10,15,20H,11-12H2,1-6H3,(H,21,22)/t15-/m0/s1. The second-order valence-electron chi connectivity index (χ2n) is 8.16. The Bertz CT molecular complexity index is 721. The van der Waals surface area contributed by atoms with Gasteiger partial charge < -0.3 is 10.1 Å². The first-order valence-electron chi connectivity index (χ1n) is 8.39. The number of sulfonamides is 1. The third-order valence-corrected chi connectivity index (χ3v) is 5.43. The lowest BCUT2D eigenvalue weighted by Gasteiger charge is -2.32. The highest BCUT2D eigenvalue weighted by atomic mass is 35.5. The molecule has 0 aliphatic carbocycles. The lowest BCUT2D eigenvalue weighted by molar-refractivity contribution is 0.0466. The van der Waals surface area contributed by atoms with Gasteiger partial charge in [-0.25, -0.2) is 17.9 Å². The Kier molecular flexibility index (Phi) is 7.51. The van der Waals surface area contributed by atoms with Crippen LogP contribution in [0.15, 0.2) is 29.2 Å². The minimum absolute atomic E-state index is 0.0295. The Hall–Kier alpha value is -1.31. The maximum Gasteiger partial charge on any atom is 0.407 e. The van der Waals surface area contributed by atoms with Gasteiger partial charge in [0.1, 0.15) is 5.60 Å². The number of amides is 1. The zero-order chi connectivity index (χ0) is 20.2. The van der Waals surface area contributed by atoms with Crippen LogP contribution in [0.3, 0.4) is 0 Å². The zero-order valence-corrected chi connectivity index (χ0v) is 17.8. The van der Waals surface area contributed by atoms with Gasteiger partial charge in [-0.1, -0.05) is 39.0 Å². The van der Waals surface area contributed by atoms with Crippen LogP contribution < -0.4 is 10.0 Å². The molecule has 0 fully saturated rings. The van der Waals surface area contributed by atoms with Crippen LogP contribution in [0.1, 0.15) is 47.1 Å². The van der Waals surface area contributed by atoms with E-state index in [1.807, 2.05) is 20.8 Å². The number of carbonyl (C=O) groups excluding carboxylic acids is 1. The normalized spacial score (nSPS) is 14.0. The van der Waals surface area contributed by atoms with Crippen LogP contribution in [-0.2, 0) is 20.6 Å². The van der Waals surface area contributed by atoms with E-state index in [4.69, 9.17) is 16.3 Å². The predicted molar refractivity (Wildman–Crippen MR) is 104 cm³/mol. The van der Waals surface area contributed by atoms with Crippen LogP contribution in [-0.4, -0.2) is 32.7 Å². The van der Waals surface area contributed by atoms with Gasteiger partial charge in [-0.05, 0) is 37.8 Å². The molecular weight excluding hydrogens is 376 g/mol. The molecule has 0 saturated heterocycles. The molecule has 1 atom stereocenters. The number of alkyl carbamates (subject to hydrolysis) is 1. The maximum atomic E-state index is 12.6. The van der Waals surface area contributed by atoms with Crippen molar-refractivity contribution in [3.8, 4) is 0 Å². The van der Waals surface area contributed by atoms with E-state index >= 15 is 0 Å². The van der Waals surface area contributed by atoms with Gasteiger partial charge in [0.15, 0.2) is 0 Å². The Morgan fingerprint density at radius 2 is 1.73 bits per heavy atom. The molecule has 1 aromatic carbocycles. The summed E-state index contributed by atoms with van der Waals surface area (Å²) in [5, 5.41) is 2.75. The van der Waals surface area contributed by atoms with Gasteiger partial charge in [0, 0.05) is 12.4 Å². The molecule has 8 heteroatoms. The van der Waals surface area contributed by atoms with E-state index in [-0.39, 0.29) is 22.7 Å². The van der Waals surface area contributed by atoms with Gasteiger partial charge in [0.2, 0.25) is 10.0 Å². The molecule has 0 unspecified atom stereocenters. The average molecular weight is 405 g/mol. The van der Waals surface area contributed by atoms with Gasteiger partial charge in [0.25, 0.3) is 0 Å². The summed E-state index contributed by atoms with van der Waals surface area (Å²) in [7, 11) is -3.76. The third-order valence-electron chi connectivity index (χ3n) is 3.62. The number of ether oxygens (including phenoxy) is 1. The number of alkyl halides is 1. The molecular formula is C18H29ClN2O4S. The molecule has 0 spiro atoms. The monoisotopic (exact) mass is 404 g/mol. The average Bonchev–Trinajstić information content (AvgIpc) is 2.48. The first-order chi connectivity index (χ1) is 11.8. The van der Waals surface area contributed by atoms with E-state index in [2.05, 4.69) is 10.0 Å². The van der Waals surface area contributed by atoms with Crippen molar-refractivity contribution in [3.05, 3.63) is 29.8 Å². The molecule has 0 aliphatic rings. The fraction of sp³-hybridized carbons (Fsp3) is 0.611. The Labute approximate surface area is 161 Å². The molecule has 0 saturated carbocycles. The van der Waals surface area contributed by atoms with Crippen molar-refractivity contribution in [3.63, 3.8) is 0 Å². The lowest BCUT2D eigenvalue weighted by Crippen LogP contribution is -2.51. The predicted octanol–water partition coefficient (Wildman–Crippen LogP) is 3.64. The third kappa shape index (κ3) is 7.13. The second kappa shape index (κ2) is 8.59. The van der Waals surface area contributed by atoms with E-state index in [1.165, 1.54) is 6.07 Å². The number of rotatable bonds is 6. The van der Waals surface area contributed by atoms with Gasteiger partial charge in [-0.2, -0.15) is 0 Å². The van der Waals surface area contributed by atoms with Gasteiger partial charge in [-0.3, -0.25) is 0 Å². The van der Waals surface area contributed by atoms with Crippen molar-refractivity contribution in [2.75, 3.05) is 6.54 Å². The van der Waals surface area contributed by atoms with Crippen LogP contribution >= 0.6 is 11.6 Å². The fourth-order valence-corrected chi connectivity index (χ4v) is 3.77. The highest BCUT2D eigenvalue weighted by molar-refractivity contribution is 7.89. The first-order valence-corrected chi connectivity index (χ1v) is 10.4. The first kappa shape index (κ1) is 22.7. The molecule has 1 amide bonds. The molecule has 0 heterocycles. The SMILES string of the molecule is CC(C)(C)OC(=O)N[C@@H](CNS(=O)(=O)c1ccccc1CCl)C(C)(C)C. The van der Waals surface area contributed by atoms with Crippen molar-refractivity contribution < 1.29 is 17.9 Å². The summed E-state index contributed by atoms with van der Waals surface area (Å²) in [4.78, 5) is 12.2. The van der Waals surface area contributed by atoms with E-state index < -0.39 is 27.8 Å². The smallest absolute Gasteiger partial charge is 0.407 e. The number of benzene rings is 1. The van der Waals surface area contributed by atoms with Crippen LogP contribution in [0.25, 0.3) is 0 Å². The number of halogens is 1. The second-order valence-corrected chi connectivity index (χ2v) is 10.2. The summed E-state index contributed by atoms with van der Waals surface area (Å²) >= 11 is 5.84. The van der Waals surface area contributed by atoms with Crippen molar-refractivity contribution in [2.45, 2.75) is 64.0 Å². The summed E-state index contributed by atoms with van der Waals surface area (Å²) in [5.41, 5.74) is -0.495. The van der Waals surface area contributed by atoms with Crippen LogP contribution in [0.5, 0.6) is 0 Å². The van der Waals surface area contributed by atoms with E-state index in [0.29, 0.717) is 5.56 Å². The molecule has 26 heavy (non-hydrogen) atoms. The Morgan fingerprint density at radius 3 is 2.23 bits per heavy atom.